The third-order valence-electron chi connectivity index (χ3n) is 15.4. The molecule has 1 heterocycles. The van der Waals surface area contributed by atoms with Crippen molar-refractivity contribution in [3.8, 4) is 0 Å². The van der Waals surface area contributed by atoms with Gasteiger partial charge >= 0.3 is 0 Å². The van der Waals surface area contributed by atoms with Crippen LogP contribution in [0, 0.1) is 0 Å². The molecule has 0 aromatic rings. The summed E-state index contributed by atoms with van der Waals surface area (Å²) < 4.78 is 11.3. The lowest BCUT2D eigenvalue weighted by atomic mass is 9.99. The lowest BCUT2D eigenvalue weighted by molar-refractivity contribution is -0.302. The van der Waals surface area contributed by atoms with Gasteiger partial charge in [-0.3, -0.25) is 4.79 Å². The summed E-state index contributed by atoms with van der Waals surface area (Å²) in [6.07, 6.45) is 81.7. The summed E-state index contributed by atoms with van der Waals surface area (Å²) in [7, 11) is 0. The van der Waals surface area contributed by atoms with Crippen LogP contribution < -0.4 is 5.32 Å². The predicted octanol–water partition coefficient (Wildman–Crippen LogP) is 18.1. The van der Waals surface area contributed by atoms with Crippen molar-refractivity contribution in [1.82, 2.24) is 5.32 Å². The van der Waals surface area contributed by atoms with E-state index in [9.17, 15) is 30.3 Å². The molecule has 1 aliphatic rings. The number of hydrogen-bond acceptors (Lipinski definition) is 8. The largest absolute Gasteiger partial charge is 0.394 e. The monoisotopic (exact) mass is 1130 g/mol. The van der Waals surface area contributed by atoms with E-state index in [1.807, 2.05) is 6.08 Å². The SMILES string of the molecule is CC/C=C\C/C=C\C/C=C\C/C=C\C/C=C\C/C=C\C/C=C\C/C=C\CCCCCCC(=O)NC(COC1OC(CO)C(O)C(O)C1O)C(O)/C=C/CCCCCCCCCCCCCCCCCCCCCCCCCCCCC. The average molecular weight is 1130 g/mol. The Labute approximate surface area is 497 Å². The Hall–Kier alpha value is -3.15. The van der Waals surface area contributed by atoms with Crippen LogP contribution in [0.5, 0.6) is 0 Å². The van der Waals surface area contributed by atoms with Crippen LogP contribution in [0.3, 0.4) is 0 Å². The molecule has 466 valence electrons. The first kappa shape index (κ1) is 75.9. The normalized spacial score (nSPS) is 19.1. The van der Waals surface area contributed by atoms with E-state index in [0.29, 0.717) is 6.42 Å². The summed E-state index contributed by atoms with van der Waals surface area (Å²) >= 11 is 0. The van der Waals surface area contributed by atoms with Crippen molar-refractivity contribution < 1.29 is 39.8 Å². The van der Waals surface area contributed by atoms with Crippen molar-refractivity contribution in [2.24, 2.45) is 0 Å². The van der Waals surface area contributed by atoms with Crippen LogP contribution >= 0.6 is 0 Å². The van der Waals surface area contributed by atoms with Crippen molar-refractivity contribution in [3.63, 3.8) is 0 Å². The van der Waals surface area contributed by atoms with Crippen molar-refractivity contribution in [2.45, 2.75) is 326 Å². The number of allylic oxidation sites excluding steroid dienone is 17. The van der Waals surface area contributed by atoms with Gasteiger partial charge in [-0.05, 0) is 83.5 Å². The third kappa shape index (κ3) is 48.9. The molecule has 0 spiro atoms. The van der Waals surface area contributed by atoms with Crippen molar-refractivity contribution in [2.75, 3.05) is 13.2 Å². The van der Waals surface area contributed by atoms with E-state index in [1.54, 1.807) is 6.08 Å². The Morgan fingerprint density at radius 1 is 0.432 bits per heavy atom. The number of aliphatic hydroxyl groups excluding tert-OH is 5. The van der Waals surface area contributed by atoms with Crippen LogP contribution in [-0.2, 0) is 14.3 Å². The molecule has 1 amide bonds. The molecule has 0 saturated carbocycles. The van der Waals surface area contributed by atoms with Crippen molar-refractivity contribution in [3.05, 3.63) is 109 Å². The third-order valence-corrected chi connectivity index (χ3v) is 15.4. The van der Waals surface area contributed by atoms with Gasteiger partial charge in [-0.15, -0.1) is 0 Å². The molecular weight excluding hydrogens is 1010 g/mol. The number of carbonyl (C=O) groups excluding carboxylic acids is 1. The van der Waals surface area contributed by atoms with Gasteiger partial charge in [-0.1, -0.05) is 303 Å². The van der Waals surface area contributed by atoms with Crippen molar-refractivity contribution >= 4 is 5.91 Å². The molecule has 0 radical (unpaired) electrons. The molecule has 81 heavy (non-hydrogen) atoms. The van der Waals surface area contributed by atoms with Gasteiger partial charge in [-0.25, -0.2) is 0 Å². The van der Waals surface area contributed by atoms with Crippen LogP contribution in [0.25, 0.3) is 0 Å². The summed E-state index contributed by atoms with van der Waals surface area (Å²) in [5, 5.41) is 54.7. The molecule has 9 heteroatoms. The number of nitrogens with one attached hydrogen (secondary N) is 1. The molecule has 1 rings (SSSR count). The van der Waals surface area contributed by atoms with Gasteiger partial charge in [0.15, 0.2) is 6.29 Å². The minimum absolute atomic E-state index is 0.203. The van der Waals surface area contributed by atoms with Gasteiger partial charge in [0, 0.05) is 6.42 Å². The highest BCUT2D eigenvalue weighted by Crippen LogP contribution is 2.23. The van der Waals surface area contributed by atoms with E-state index in [1.165, 1.54) is 161 Å². The van der Waals surface area contributed by atoms with E-state index in [2.05, 4.69) is 116 Å². The van der Waals surface area contributed by atoms with E-state index in [4.69, 9.17) is 9.47 Å². The second kappa shape index (κ2) is 60.0. The topological polar surface area (TPSA) is 149 Å². The second-order valence-corrected chi connectivity index (χ2v) is 22.9. The van der Waals surface area contributed by atoms with Gasteiger partial charge in [-0.2, -0.15) is 0 Å². The average Bonchev–Trinajstić information content (AvgIpc) is 3.51. The van der Waals surface area contributed by atoms with E-state index in [0.717, 1.165) is 103 Å². The highest BCUT2D eigenvalue weighted by Gasteiger charge is 2.44. The fourth-order valence-corrected chi connectivity index (χ4v) is 10.1. The molecule has 1 saturated heterocycles. The Morgan fingerprint density at radius 2 is 0.765 bits per heavy atom. The number of aliphatic hydroxyl groups is 5. The Morgan fingerprint density at radius 3 is 1.14 bits per heavy atom. The summed E-state index contributed by atoms with van der Waals surface area (Å²) in [5.41, 5.74) is 0. The van der Waals surface area contributed by atoms with E-state index >= 15 is 0 Å². The van der Waals surface area contributed by atoms with Crippen LogP contribution in [0.4, 0.5) is 0 Å². The molecule has 6 N–H and O–H groups in total. The molecule has 0 bridgehead atoms. The molecule has 0 aliphatic carbocycles. The minimum Gasteiger partial charge on any atom is -0.394 e. The minimum atomic E-state index is -1.58. The maximum absolute atomic E-state index is 13.1. The fourth-order valence-electron chi connectivity index (χ4n) is 10.1. The van der Waals surface area contributed by atoms with E-state index < -0.39 is 49.5 Å². The van der Waals surface area contributed by atoms with E-state index in [-0.39, 0.29) is 12.5 Å². The number of unbranched alkanes of at least 4 members (excludes halogenated alkanes) is 31. The van der Waals surface area contributed by atoms with Gasteiger partial charge in [0.05, 0.1) is 25.4 Å². The number of ether oxygens (including phenoxy) is 2. The van der Waals surface area contributed by atoms with Crippen LogP contribution in [-0.4, -0.2) is 87.5 Å². The molecule has 0 aromatic heterocycles. The quantitative estimate of drug-likeness (QED) is 0.0261. The van der Waals surface area contributed by atoms with Crippen molar-refractivity contribution in [1.29, 1.82) is 0 Å². The summed E-state index contributed by atoms with van der Waals surface area (Å²) in [6, 6.07) is -0.829. The first-order chi connectivity index (χ1) is 39.8. The van der Waals surface area contributed by atoms with Crippen LogP contribution in [0.15, 0.2) is 109 Å². The van der Waals surface area contributed by atoms with Crippen LogP contribution in [0.2, 0.25) is 0 Å². The first-order valence-electron chi connectivity index (χ1n) is 33.6. The molecule has 0 aromatic carbocycles. The zero-order valence-electron chi connectivity index (χ0n) is 52.0. The molecule has 7 atom stereocenters. The van der Waals surface area contributed by atoms with Gasteiger partial charge in [0.2, 0.25) is 5.91 Å². The number of amides is 1. The molecular formula is C72H125NO8. The summed E-state index contributed by atoms with van der Waals surface area (Å²) in [5.74, 6) is -0.203. The fraction of sp³-hybridized carbons (Fsp3) is 0.736. The smallest absolute Gasteiger partial charge is 0.220 e. The lowest BCUT2D eigenvalue weighted by Gasteiger charge is -2.40. The lowest BCUT2D eigenvalue weighted by Crippen LogP contribution is -2.60. The maximum Gasteiger partial charge on any atom is 0.220 e. The van der Waals surface area contributed by atoms with Gasteiger partial charge in [0.25, 0.3) is 0 Å². The maximum atomic E-state index is 13.1. The molecule has 1 fully saturated rings. The first-order valence-corrected chi connectivity index (χ1v) is 33.6. The molecule has 7 unspecified atom stereocenters. The zero-order valence-corrected chi connectivity index (χ0v) is 52.0. The highest BCUT2D eigenvalue weighted by atomic mass is 16.7. The standard InChI is InChI=1S/C72H125NO8/c1-3-5-7-9-11-13-15-17-19-21-23-25-27-29-31-33-35-37-39-41-43-45-47-49-51-53-55-57-59-61-66(75)65(64-80-72-71(79)70(78)69(77)67(63-74)81-72)73-68(76)62-60-58-56-54-52-50-48-46-44-42-40-38-36-34-32-30-28-26-24-22-20-18-16-14-12-10-8-6-4-2/h6,8,12,14,18,20,24,26,30,32,36,38,42,44,48,50,59,61,65-67,69-72,74-75,77-79H,3-5,7,9-11,13,15-17,19,21-23,25,27-29,31,33-35,37,39-41,43,45-47,49,51-58,60,62-64H2,1-2H3,(H,73,76)/b8-6-,14-12-,20-18-,26-24-,32-30-,38-36-,44-42-,50-48-,61-59+. The highest BCUT2D eigenvalue weighted by molar-refractivity contribution is 5.76. The van der Waals surface area contributed by atoms with Crippen LogP contribution in [0.1, 0.15) is 284 Å². The number of carbonyl (C=O) groups is 1. The Bertz CT molecular complexity index is 1640. The summed E-state index contributed by atoms with van der Waals surface area (Å²) in [6.45, 7) is 3.67. The second-order valence-electron chi connectivity index (χ2n) is 22.9. The Kier molecular flexibility index (Phi) is 56.2. The number of hydrogen-bond donors (Lipinski definition) is 6. The molecule has 1 aliphatic heterocycles. The van der Waals surface area contributed by atoms with Gasteiger partial charge < -0.3 is 40.3 Å². The summed E-state index contributed by atoms with van der Waals surface area (Å²) in [4.78, 5) is 13.1. The predicted molar refractivity (Wildman–Crippen MR) is 345 cm³/mol. The molecule has 9 nitrogen and oxygen atoms in total. The number of rotatable bonds is 57. The Balaban J connectivity index is 2.21. The zero-order chi connectivity index (χ0) is 58.6. The van der Waals surface area contributed by atoms with Gasteiger partial charge in [0.1, 0.15) is 24.4 Å².